The molecule has 0 radical (unpaired) electrons. The first-order valence-electron chi connectivity index (χ1n) is 2.89. The highest BCUT2D eigenvalue weighted by Crippen LogP contribution is 2.23. The molecule has 0 saturated carbocycles. The molecule has 0 aromatic heterocycles. The minimum atomic E-state index is -2.62. The summed E-state index contributed by atoms with van der Waals surface area (Å²) in [5.41, 5.74) is 0. The van der Waals surface area contributed by atoms with Crippen LogP contribution < -0.4 is 0 Å². The molecule has 0 aliphatic carbocycles. The summed E-state index contributed by atoms with van der Waals surface area (Å²) in [6.45, 7) is 3.49. The molecular formula is C3H13O9P3. The number of hydrogen-bond acceptors (Lipinski definition) is 9. The zero-order valence-corrected chi connectivity index (χ0v) is 10.0. The molecule has 9 nitrogen and oxygen atoms in total. The van der Waals surface area contributed by atoms with Gasteiger partial charge in [0.25, 0.3) is 0 Å². The van der Waals surface area contributed by atoms with Gasteiger partial charge in [-0.25, -0.2) is 0 Å². The quantitative estimate of drug-likeness (QED) is 0.234. The first-order valence-corrected chi connectivity index (χ1v) is 6.45. The first-order chi connectivity index (χ1) is 6.73. The van der Waals surface area contributed by atoms with Crippen LogP contribution in [0.15, 0.2) is 12.7 Å². The summed E-state index contributed by atoms with van der Waals surface area (Å²) in [6, 6.07) is 0. The van der Waals surface area contributed by atoms with E-state index in [-0.39, 0.29) is 6.61 Å². The predicted molar refractivity (Wildman–Crippen MR) is 54.7 cm³/mol. The van der Waals surface area contributed by atoms with E-state index in [9.17, 15) is 0 Å². The van der Waals surface area contributed by atoms with Gasteiger partial charge in [0.1, 0.15) is 0 Å². The lowest BCUT2D eigenvalue weighted by Gasteiger charge is -1.96. The van der Waals surface area contributed by atoms with Gasteiger partial charge in [-0.2, -0.15) is 0 Å². The largest absolute Gasteiger partial charge is 0.328 e. The van der Waals surface area contributed by atoms with Gasteiger partial charge in [0.05, 0.1) is 6.61 Å². The van der Waals surface area contributed by atoms with Crippen molar-refractivity contribution in [3.05, 3.63) is 12.7 Å². The lowest BCUT2D eigenvalue weighted by Crippen LogP contribution is -1.80. The monoisotopic (exact) mass is 286 g/mol. The summed E-state index contributed by atoms with van der Waals surface area (Å²) >= 11 is 0. The summed E-state index contributed by atoms with van der Waals surface area (Å²) in [5, 5.41) is 0. The Morgan fingerprint density at radius 2 is 1.13 bits per heavy atom. The van der Waals surface area contributed by atoms with Gasteiger partial charge in [0.15, 0.2) is 0 Å². The smallest absolute Gasteiger partial charge is 0.327 e. The Morgan fingerprint density at radius 3 is 1.20 bits per heavy atom. The van der Waals surface area contributed by atoms with Gasteiger partial charge in [-0.1, -0.05) is 6.08 Å². The standard InChI is InChI=1S/C3H7O3P.2H3O3P/c1-2-3-6-7(4)5;2*1-4(2)3/h2,4-5H,1,3H2;2*1-3H. The normalized spacial score (nSPS) is 9.27. The average Bonchev–Trinajstić information content (AvgIpc) is 1.98. The molecule has 0 aliphatic rings. The van der Waals surface area contributed by atoms with Crippen molar-refractivity contribution in [2.24, 2.45) is 0 Å². The van der Waals surface area contributed by atoms with E-state index < -0.39 is 25.8 Å². The van der Waals surface area contributed by atoms with Crippen LogP contribution in [0.2, 0.25) is 0 Å². The minimum Gasteiger partial charge on any atom is -0.328 e. The Kier molecular flexibility index (Phi) is 23.9. The zero-order chi connectivity index (χ0) is 12.9. The summed E-state index contributed by atoms with van der Waals surface area (Å²) in [6.07, 6.45) is 1.45. The maximum Gasteiger partial charge on any atom is 0.327 e. The third-order valence-corrected chi connectivity index (χ3v) is 0.688. The molecule has 8 N–H and O–H groups in total. The van der Waals surface area contributed by atoms with Crippen molar-refractivity contribution in [3.8, 4) is 0 Å². The molecule has 0 aromatic carbocycles. The van der Waals surface area contributed by atoms with Crippen molar-refractivity contribution in [3.63, 3.8) is 0 Å². The molecule has 0 fully saturated rings. The second-order valence-corrected chi connectivity index (χ2v) is 3.21. The SMILES string of the molecule is C=CCOP(O)O.OP(O)O.OP(O)O. The highest BCUT2D eigenvalue weighted by molar-refractivity contribution is 7.39. The van der Waals surface area contributed by atoms with Crippen LogP contribution in [0.25, 0.3) is 0 Å². The third-order valence-electron chi connectivity index (χ3n) is 0.308. The predicted octanol–water partition coefficient (Wildman–Crippen LogP) is -1.22. The van der Waals surface area contributed by atoms with E-state index in [0.29, 0.717) is 0 Å². The van der Waals surface area contributed by atoms with E-state index in [2.05, 4.69) is 11.1 Å². The van der Waals surface area contributed by atoms with Crippen LogP contribution in [-0.4, -0.2) is 45.8 Å². The minimum absolute atomic E-state index is 0.193. The fourth-order valence-corrected chi connectivity index (χ4v) is 0.358. The molecule has 94 valence electrons. The van der Waals surface area contributed by atoms with E-state index >= 15 is 0 Å². The van der Waals surface area contributed by atoms with E-state index in [1.807, 2.05) is 0 Å². The van der Waals surface area contributed by atoms with Crippen molar-refractivity contribution in [2.75, 3.05) is 6.61 Å². The molecule has 0 aliphatic heterocycles. The van der Waals surface area contributed by atoms with Gasteiger partial charge in [0, 0.05) is 0 Å². The molecule has 15 heavy (non-hydrogen) atoms. The number of rotatable bonds is 3. The topological polar surface area (TPSA) is 171 Å². The van der Waals surface area contributed by atoms with Crippen LogP contribution in [0.3, 0.4) is 0 Å². The second kappa shape index (κ2) is 17.1. The Balaban J connectivity index is -0.000000155. The molecule has 0 atom stereocenters. The van der Waals surface area contributed by atoms with Crippen molar-refractivity contribution in [1.29, 1.82) is 0 Å². The highest BCUT2D eigenvalue weighted by Gasteiger charge is 1.92. The molecule has 0 rings (SSSR count). The van der Waals surface area contributed by atoms with E-state index in [0.717, 1.165) is 0 Å². The van der Waals surface area contributed by atoms with Crippen LogP contribution in [0.4, 0.5) is 0 Å². The van der Waals surface area contributed by atoms with Crippen molar-refractivity contribution in [2.45, 2.75) is 0 Å². The summed E-state index contributed by atoms with van der Waals surface area (Å²) in [5.74, 6) is 0. The summed E-state index contributed by atoms with van der Waals surface area (Å²) in [4.78, 5) is 59.5. The molecule has 0 amide bonds. The van der Waals surface area contributed by atoms with Crippen molar-refractivity contribution in [1.82, 2.24) is 0 Å². The lowest BCUT2D eigenvalue weighted by atomic mass is 10.7. The van der Waals surface area contributed by atoms with Gasteiger partial charge in [-0.05, 0) is 0 Å². The molecule has 0 saturated heterocycles. The van der Waals surface area contributed by atoms with Gasteiger partial charge in [-0.3, -0.25) is 0 Å². The van der Waals surface area contributed by atoms with E-state index in [4.69, 9.17) is 39.1 Å². The van der Waals surface area contributed by atoms with Crippen LogP contribution >= 0.6 is 25.8 Å². The molecular weight excluding hydrogens is 273 g/mol. The van der Waals surface area contributed by atoms with Crippen LogP contribution in [-0.2, 0) is 4.52 Å². The van der Waals surface area contributed by atoms with Gasteiger partial charge in [-0.15, -0.1) is 6.58 Å². The van der Waals surface area contributed by atoms with Crippen LogP contribution in [0.5, 0.6) is 0 Å². The first kappa shape index (κ1) is 21.0. The zero-order valence-electron chi connectivity index (χ0n) is 7.32. The highest BCUT2D eigenvalue weighted by atomic mass is 31.2. The van der Waals surface area contributed by atoms with Gasteiger partial charge >= 0.3 is 25.8 Å². The fraction of sp³-hybridized carbons (Fsp3) is 0.333. The lowest BCUT2D eigenvalue weighted by molar-refractivity contribution is 0.282. The Bertz CT molecular complexity index is 108. The molecule has 0 spiro atoms. The van der Waals surface area contributed by atoms with Crippen LogP contribution in [0, 0.1) is 0 Å². The molecule has 12 heteroatoms. The average molecular weight is 286 g/mol. The second-order valence-electron chi connectivity index (χ2n) is 1.37. The van der Waals surface area contributed by atoms with E-state index in [1.165, 1.54) is 6.08 Å². The molecule has 0 unspecified atom stereocenters. The fourth-order valence-electron chi connectivity index (χ4n) is 0.119. The maximum atomic E-state index is 8.03. The Morgan fingerprint density at radius 1 is 0.867 bits per heavy atom. The van der Waals surface area contributed by atoms with Gasteiger partial charge in [0.2, 0.25) is 0 Å². The Labute approximate surface area is 89.5 Å². The third kappa shape index (κ3) is 108. The summed E-state index contributed by atoms with van der Waals surface area (Å²) in [7, 11) is -7.42. The Hall–Kier alpha value is 0.670. The maximum absolute atomic E-state index is 8.03. The van der Waals surface area contributed by atoms with Crippen molar-refractivity contribution < 1.29 is 43.7 Å². The number of hydrogen-bond donors (Lipinski definition) is 8. The summed E-state index contributed by atoms with van der Waals surface area (Å²) < 4.78 is 4.25. The molecule has 0 bridgehead atoms. The van der Waals surface area contributed by atoms with Crippen LogP contribution in [0.1, 0.15) is 0 Å². The molecule has 0 aromatic rings. The van der Waals surface area contributed by atoms with Gasteiger partial charge < -0.3 is 43.7 Å². The van der Waals surface area contributed by atoms with E-state index in [1.54, 1.807) is 0 Å². The molecule has 0 heterocycles. The van der Waals surface area contributed by atoms with Crippen molar-refractivity contribution >= 4 is 25.8 Å².